The van der Waals surface area contributed by atoms with E-state index in [1.54, 1.807) is 12.4 Å². The zero-order valence-electron chi connectivity index (χ0n) is 8.37. The van der Waals surface area contributed by atoms with Crippen molar-refractivity contribution in [1.82, 2.24) is 14.8 Å². The number of aryl methyl sites for hydroxylation is 1. The maximum atomic E-state index is 6.17. The van der Waals surface area contributed by atoms with Gasteiger partial charge in [-0.1, -0.05) is 24.9 Å². The minimum atomic E-state index is 0.753. The van der Waals surface area contributed by atoms with Crippen molar-refractivity contribution in [2.45, 2.75) is 26.3 Å². The van der Waals surface area contributed by atoms with Gasteiger partial charge in [-0.2, -0.15) is 5.10 Å². The van der Waals surface area contributed by atoms with Crippen molar-refractivity contribution in [2.75, 3.05) is 0 Å². The van der Waals surface area contributed by atoms with Crippen LogP contribution in [0.3, 0.4) is 0 Å². The summed E-state index contributed by atoms with van der Waals surface area (Å²) in [5.74, 6) is 0. The first-order valence-electron chi connectivity index (χ1n) is 4.89. The SMILES string of the molecule is CCCCn1ncc2c(Cl)c(I)cnc21. The molecule has 0 bridgehead atoms. The summed E-state index contributed by atoms with van der Waals surface area (Å²) < 4.78 is 2.89. The smallest absolute Gasteiger partial charge is 0.159 e. The predicted molar refractivity (Wildman–Crippen MR) is 70.2 cm³/mol. The molecule has 80 valence electrons. The lowest BCUT2D eigenvalue weighted by Crippen LogP contribution is -2.00. The Balaban J connectivity index is 2.47. The number of halogens is 2. The summed E-state index contributed by atoms with van der Waals surface area (Å²) in [4.78, 5) is 4.36. The molecule has 0 N–H and O–H groups in total. The van der Waals surface area contributed by atoms with E-state index >= 15 is 0 Å². The van der Waals surface area contributed by atoms with Gasteiger partial charge in [0.15, 0.2) is 5.65 Å². The Labute approximate surface area is 107 Å². The first-order valence-corrected chi connectivity index (χ1v) is 6.35. The van der Waals surface area contributed by atoms with Crippen LogP contribution in [0.1, 0.15) is 19.8 Å². The van der Waals surface area contributed by atoms with Gasteiger partial charge < -0.3 is 0 Å². The summed E-state index contributed by atoms with van der Waals surface area (Å²) in [6, 6.07) is 0. The molecule has 5 heteroatoms. The maximum Gasteiger partial charge on any atom is 0.159 e. The fraction of sp³-hybridized carbons (Fsp3) is 0.400. The van der Waals surface area contributed by atoms with Crippen molar-refractivity contribution in [1.29, 1.82) is 0 Å². The van der Waals surface area contributed by atoms with Gasteiger partial charge in [0, 0.05) is 12.7 Å². The molecule has 0 saturated carbocycles. The molecule has 2 aromatic rings. The van der Waals surface area contributed by atoms with Crippen molar-refractivity contribution in [3.8, 4) is 0 Å². The number of rotatable bonds is 3. The highest BCUT2D eigenvalue weighted by atomic mass is 127. The summed E-state index contributed by atoms with van der Waals surface area (Å²) in [5.41, 5.74) is 0.883. The molecule has 2 heterocycles. The lowest BCUT2D eigenvalue weighted by molar-refractivity contribution is 0.584. The highest BCUT2D eigenvalue weighted by Gasteiger charge is 2.09. The minimum Gasteiger partial charge on any atom is -0.247 e. The van der Waals surface area contributed by atoms with Gasteiger partial charge in [0.05, 0.1) is 20.2 Å². The monoisotopic (exact) mass is 335 g/mol. The van der Waals surface area contributed by atoms with Crippen LogP contribution in [-0.4, -0.2) is 14.8 Å². The zero-order valence-corrected chi connectivity index (χ0v) is 11.3. The highest BCUT2D eigenvalue weighted by Crippen LogP contribution is 2.26. The molecule has 0 aliphatic rings. The molecular weight excluding hydrogens is 324 g/mol. The Morgan fingerprint density at radius 1 is 1.47 bits per heavy atom. The standard InChI is InChI=1S/C10H11ClIN3/c1-2-3-4-15-10-7(5-14-15)9(11)8(12)6-13-10/h5-6H,2-4H2,1H3. The third-order valence-corrected chi connectivity index (χ3v) is 3.83. The van der Waals surface area contributed by atoms with Gasteiger partial charge in [0.25, 0.3) is 0 Å². The van der Waals surface area contributed by atoms with Gasteiger partial charge in [-0.25, -0.2) is 9.67 Å². The van der Waals surface area contributed by atoms with Crippen LogP contribution in [0.5, 0.6) is 0 Å². The number of hydrogen-bond donors (Lipinski definition) is 0. The zero-order chi connectivity index (χ0) is 10.8. The first-order chi connectivity index (χ1) is 7.24. The molecule has 0 unspecified atom stereocenters. The second kappa shape index (κ2) is 4.65. The summed E-state index contributed by atoms with van der Waals surface area (Å²) in [7, 11) is 0. The molecular formula is C10H11ClIN3. The molecule has 2 aromatic heterocycles. The molecule has 3 nitrogen and oxygen atoms in total. The average Bonchev–Trinajstić information content (AvgIpc) is 2.64. The maximum absolute atomic E-state index is 6.17. The molecule has 0 aromatic carbocycles. The Kier molecular flexibility index (Phi) is 3.45. The fourth-order valence-corrected chi connectivity index (χ4v) is 2.06. The van der Waals surface area contributed by atoms with Crippen LogP contribution in [0.2, 0.25) is 5.02 Å². The Bertz CT molecular complexity index is 481. The van der Waals surface area contributed by atoms with Crippen LogP contribution < -0.4 is 0 Å². The second-order valence-electron chi connectivity index (χ2n) is 3.38. The van der Waals surface area contributed by atoms with Crippen molar-refractivity contribution in [3.05, 3.63) is 21.0 Å². The minimum absolute atomic E-state index is 0.753. The van der Waals surface area contributed by atoms with E-state index in [0.29, 0.717) is 0 Å². The van der Waals surface area contributed by atoms with Crippen molar-refractivity contribution < 1.29 is 0 Å². The van der Waals surface area contributed by atoms with E-state index in [9.17, 15) is 0 Å². The Hall–Kier alpha value is -0.360. The van der Waals surface area contributed by atoms with Crippen molar-refractivity contribution >= 4 is 45.2 Å². The highest BCUT2D eigenvalue weighted by molar-refractivity contribution is 14.1. The second-order valence-corrected chi connectivity index (χ2v) is 4.92. The van der Waals surface area contributed by atoms with E-state index in [1.807, 2.05) is 4.68 Å². The third-order valence-electron chi connectivity index (χ3n) is 2.28. The van der Waals surface area contributed by atoms with Gasteiger partial charge >= 0.3 is 0 Å². The van der Waals surface area contributed by atoms with Crippen molar-refractivity contribution in [2.24, 2.45) is 0 Å². The van der Waals surface area contributed by atoms with E-state index in [-0.39, 0.29) is 0 Å². The first kappa shape index (κ1) is 11.1. The summed E-state index contributed by atoms with van der Waals surface area (Å²) >= 11 is 8.35. The summed E-state index contributed by atoms with van der Waals surface area (Å²) in [6.45, 7) is 3.07. The number of pyridine rings is 1. The van der Waals surface area contributed by atoms with Gasteiger partial charge in [-0.15, -0.1) is 0 Å². The molecule has 0 spiro atoms. The molecule has 0 saturated heterocycles. The largest absolute Gasteiger partial charge is 0.247 e. The van der Waals surface area contributed by atoms with E-state index in [2.05, 4.69) is 39.6 Å². The van der Waals surface area contributed by atoms with Crippen LogP contribution in [0.25, 0.3) is 11.0 Å². The molecule has 0 fully saturated rings. The summed E-state index contributed by atoms with van der Waals surface area (Å²) in [5, 5.41) is 6.00. The molecule has 15 heavy (non-hydrogen) atoms. The third kappa shape index (κ3) is 2.10. The van der Waals surface area contributed by atoms with E-state index in [1.165, 1.54) is 0 Å². The average molecular weight is 336 g/mol. The van der Waals surface area contributed by atoms with E-state index in [0.717, 1.165) is 39.0 Å². The fourth-order valence-electron chi connectivity index (χ4n) is 1.44. The number of nitrogens with zero attached hydrogens (tertiary/aromatic N) is 3. The topological polar surface area (TPSA) is 30.7 Å². The van der Waals surface area contributed by atoms with Crippen LogP contribution in [-0.2, 0) is 6.54 Å². The predicted octanol–water partition coefficient (Wildman–Crippen LogP) is 3.49. The van der Waals surface area contributed by atoms with Gasteiger partial charge in [-0.05, 0) is 29.0 Å². The van der Waals surface area contributed by atoms with Gasteiger partial charge in [0.2, 0.25) is 0 Å². The summed E-state index contributed by atoms with van der Waals surface area (Å²) in [6.07, 6.45) is 5.85. The number of aromatic nitrogens is 3. The number of hydrogen-bond acceptors (Lipinski definition) is 2. The van der Waals surface area contributed by atoms with Crippen LogP contribution in [0.15, 0.2) is 12.4 Å². The van der Waals surface area contributed by atoms with Crippen LogP contribution >= 0.6 is 34.2 Å². The quantitative estimate of drug-likeness (QED) is 0.804. The van der Waals surface area contributed by atoms with Crippen LogP contribution in [0.4, 0.5) is 0 Å². The Morgan fingerprint density at radius 2 is 2.27 bits per heavy atom. The molecule has 0 aliphatic heterocycles. The van der Waals surface area contributed by atoms with Gasteiger partial charge in [0.1, 0.15) is 0 Å². The molecule has 0 amide bonds. The number of fused-ring (bicyclic) bond motifs is 1. The van der Waals surface area contributed by atoms with Crippen molar-refractivity contribution in [3.63, 3.8) is 0 Å². The number of unbranched alkanes of at least 4 members (excludes halogenated alkanes) is 1. The van der Waals surface area contributed by atoms with E-state index in [4.69, 9.17) is 11.6 Å². The lowest BCUT2D eigenvalue weighted by atomic mass is 10.3. The molecule has 0 atom stereocenters. The molecule has 2 rings (SSSR count). The molecule has 0 radical (unpaired) electrons. The molecule has 0 aliphatic carbocycles. The normalized spacial score (nSPS) is 11.1. The van der Waals surface area contributed by atoms with Gasteiger partial charge in [-0.3, -0.25) is 0 Å². The van der Waals surface area contributed by atoms with Crippen LogP contribution in [0, 0.1) is 3.57 Å². The Morgan fingerprint density at radius 3 is 3.00 bits per heavy atom. The van der Waals surface area contributed by atoms with E-state index < -0.39 is 0 Å². The lowest BCUT2D eigenvalue weighted by Gasteiger charge is -2.01.